The Morgan fingerprint density at radius 1 is 1.22 bits per heavy atom. The molecule has 1 atom stereocenters. The molecule has 0 aliphatic heterocycles. The van der Waals surface area contributed by atoms with Gasteiger partial charge in [-0.25, -0.2) is 0 Å². The summed E-state index contributed by atoms with van der Waals surface area (Å²) in [4.78, 5) is 23.5. The summed E-state index contributed by atoms with van der Waals surface area (Å²) in [5, 5.41) is 2.13. The fourth-order valence-electron chi connectivity index (χ4n) is 2.29. The van der Waals surface area contributed by atoms with E-state index in [1.54, 1.807) is 0 Å². The Kier molecular flexibility index (Phi) is 5.41. The van der Waals surface area contributed by atoms with Gasteiger partial charge in [0.15, 0.2) is 6.61 Å². The lowest BCUT2D eigenvalue weighted by molar-refractivity contribution is -0.151. The Hall–Kier alpha value is -2.31. The normalized spacial score (nSPS) is 17.6. The Bertz CT molecular complexity index is 611. The highest BCUT2D eigenvalue weighted by Crippen LogP contribution is 2.34. The maximum absolute atomic E-state index is 12.8. The van der Waals surface area contributed by atoms with Crippen LogP contribution in [0.2, 0.25) is 0 Å². The minimum Gasteiger partial charge on any atom is -0.455 e. The zero-order valence-electron chi connectivity index (χ0n) is 12.2. The molecule has 0 aromatic heterocycles. The van der Waals surface area contributed by atoms with Crippen molar-refractivity contribution in [2.45, 2.75) is 25.4 Å². The van der Waals surface area contributed by atoms with Crippen LogP contribution in [0.4, 0.5) is 18.9 Å². The fraction of sp³-hybridized carbons (Fsp3) is 0.375. The number of alkyl halides is 3. The van der Waals surface area contributed by atoms with E-state index in [-0.39, 0.29) is 11.6 Å². The van der Waals surface area contributed by atoms with Gasteiger partial charge in [0.2, 0.25) is 0 Å². The molecule has 0 unspecified atom stereocenters. The molecule has 1 aromatic rings. The number of carbonyl (C=O) groups excluding carboxylic acids is 2. The molecule has 1 aliphatic carbocycles. The molecule has 1 aliphatic rings. The number of para-hydroxylation sites is 1. The molecule has 0 radical (unpaired) electrons. The zero-order chi connectivity index (χ0) is 16.9. The van der Waals surface area contributed by atoms with Gasteiger partial charge >= 0.3 is 12.1 Å². The summed E-state index contributed by atoms with van der Waals surface area (Å²) in [5.74, 6) is -1.61. The molecule has 0 heterocycles. The highest BCUT2D eigenvalue weighted by atomic mass is 19.4. The van der Waals surface area contributed by atoms with Crippen LogP contribution in [0.1, 0.15) is 24.8 Å². The highest BCUT2D eigenvalue weighted by Gasteiger charge is 2.33. The molecule has 1 aromatic carbocycles. The summed E-state index contributed by atoms with van der Waals surface area (Å²) in [7, 11) is 0. The molecule has 23 heavy (non-hydrogen) atoms. The number of ether oxygens (including phenoxy) is 1. The maximum Gasteiger partial charge on any atom is 0.418 e. The second-order valence-corrected chi connectivity index (χ2v) is 5.18. The summed E-state index contributed by atoms with van der Waals surface area (Å²) < 4.78 is 43.3. The van der Waals surface area contributed by atoms with Crippen LogP contribution in [-0.2, 0) is 20.5 Å². The number of carbonyl (C=O) groups is 2. The molecule has 0 spiro atoms. The van der Waals surface area contributed by atoms with Crippen molar-refractivity contribution in [1.82, 2.24) is 0 Å². The van der Waals surface area contributed by atoms with Gasteiger partial charge in [0.05, 0.1) is 17.2 Å². The predicted molar refractivity (Wildman–Crippen MR) is 77.5 cm³/mol. The van der Waals surface area contributed by atoms with E-state index < -0.39 is 30.2 Å². The lowest BCUT2D eigenvalue weighted by atomic mass is 9.95. The number of amides is 1. The summed E-state index contributed by atoms with van der Waals surface area (Å²) >= 11 is 0. The monoisotopic (exact) mass is 327 g/mol. The second kappa shape index (κ2) is 7.30. The number of benzene rings is 1. The van der Waals surface area contributed by atoms with Gasteiger partial charge in [-0.05, 0) is 31.4 Å². The summed E-state index contributed by atoms with van der Waals surface area (Å²) in [5.41, 5.74) is -1.31. The van der Waals surface area contributed by atoms with Gasteiger partial charge < -0.3 is 10.1 Å². The van der Waals surface area contributed by atoms with Crippen molar-refractivity contribution < 1.29 is 27.5 Å². The summed E-state index contributed by atoms with van der Waals surface area (Å²) in [6, 6.07) is 4.63. The molecule has 4 nitrogen and oxygen atoms in total. The summed E-state index contributed by atoms with van der Waals surface area (Å²) in [6.07, 6.45) is 1.23. The molecule has 1 amide bonds. The average molecular weight is 327 g/mol. The van der Waals surface area contributed by atoms with E-state index in [4.69, 9.17) is 4.74 Å². The van der Waals surface area contributed by atoms with Crippen LogP contribution in [0.15, 0.2) is 36.4 Å². The van der Waals surface area contributed by atoms with Gasteiger partial charge in [-0.3, -0.25) is 9.59 Å². The van der Waals surface area contributed by atoms with Gasteiger partial charge in [-0.1, -0.05) is 24.3 Å². The van der Waals surface area contributed by atoms with Crippen molar-refractivity contribution in [3.05, 3.63) is 42.0 Å². The molecule has 1 N–H and O–H groups in total. The van der Waals surface area contributed by atoms with Crippen LogP contribution in [0.25, 0.3) is 0 Å². The van der Waals surface area contributed by atoms with Gasteiger partial charge in [0.1, 0.15) is 0 Å². The van der Waals surface area contributed by atoms with E-state index >= 15 is 0 Å². The predicted octanol–water partition coefficient (Wildman–Crippen LogP) is 3.54. The van der Waals surface area contributed by atoms with Gasteiger partial charge in [-0.2, -0.15) is 13.2 Å². The molecular weight excluding hydrogens is 311 g/mol. The molecule has 0 saturated carbocycles. The lowest BCUT2D eigenvalue weighted by Gasteiger charge is -2.17. The van der Waals surface area contributed by atoms with E-state index in [1.807, 2.05) is 12.2 Å². The van der Waals surface area contributed by atoms with E-state index in [0.29, 0.717) is 12.8 Å². The molecule has 0 fully saturated rings. The number of allylic oxidation sites excluding steroid dienone is 2. The Balaban J connectivity index is 1.90. The Morgan fingerprint density at radius 2 is 1.96 bits per heavy atom. The number of anilines is 1. The van der Waals surface area contributed by atoms with E-state index in [0.717, 1.165) is 18.6 Å². The number of nitrogens with one attached hydrogen (secondary N) is 1. The Labute approximate surface area is 131 Å². The smallest absolute Gasteiger partial charge is 0.418 e. The minimum absolute atomic E-state index is 0.296. The van der Waals surface area contributed by atoms with Crippen LogP contribution in [-0.4, -0.2) is 18.5 Å². The van der Waals surface area contributed by atoms with Gasteiger partial charge in [0, 0.05) is 0 Å². The lowest BCUT2D eigenvalue weighted by Crippen LogP contribution is -2.26. The van der Waals surface area contributed by atoms with Crippen molar-refractivity contribution >= 4 is 17.6 Å². The van der Waals surface area contributed by atoms with Gasteiger partial charge in [0.25, 0.3) is 5.91 Å². The molecule has 7 heteroatoms. The molecule has 0 saturated heterocycles. The van der Waals surface area contributed by atoms with Crippen LogP contribution in [0, 0.1) is 5.92 Å². The van der Waals surface area contributed by atoms with Crippen LogP contribution >= 0.6 is 0 Å². The van der Waals surface area contributed by atoms with E-state index in [1.165, 1.54) is 12.1 Å². The first kappa shape index (κ1) is 17.1. The van der Waals surface area contributed by atoms with Crippen molar-refractivity contribution in [1.29, 1.82) is 0 Å². The molecule has 124 valence electrons. The largest absolute Gasteiger partial charge is 0.455 e. The van der Waals surface area contributed by atoms with E-state index in [9.17, 15) is 22.8 Å². The standard InChI is InChI=1S/C16H16F3NO3/c17-16(18,19)12-8-4-5-9-13(12)20-14(21)10-23-15(22)11-6-2-1-3-7-11/h1-2,4-5,8-9,11H,3,6-7,10H2,(H,20,21)/t11-/m0/s1. The van der Waals surface area contributed by atoms with E-state index in [2.05, 4.69) is 5.32 Å². The second-order valence-electron chi connectivity index (χ2n) is 5.18. The SMILES string of the molecule is O=C(COC(=O)[C@H]1CC=CCC1)Nc1ccccc1C(F)(F)F. The average Bonchev–Trinajstić information content (AvgIpc) is 2.53. The van der Waals surface area contributed by atoms with Crippen LogP contribution in [0.5, 0.6) is 0 Å². The van der Waals surface area contributed by atoms with Crippen molar-refractivity contribution in [3.8, 4) is 0 Å². The highest BCUT2D eigenvalue weighted by molar-refractivity contribution is 5.93. The number of hydrogen-bond donors (Lipinski definition) is 1. The van der Waals surface area contributed by atoms with Gasteiger partial charge in [-0.15, -0.1) is 0 Å². The first-order valence-corrected chi connectivity index (χ1v) is 7.15. The molecule has 0 bridgehead atoms. The number of esters is 1. The van der Waals surface area contributed by atoms with Crippen molar-refractivity contribution in [3.63, 3.8) is 0 Å². The third-order valence-electron chi connectivity index (χ3n) is 3.45. The third-order valence-corrected chi connectivity index (χ3v) is 3.45. The number of halogens is 3. The minimum atomic E-state index is -4.57. The number of hydrogen-bond acceptors (Lipinski definition) is 3. The zero-order valence-corrected chi connectivity index (χ0v) is 12.2. The number of rotatable bonds is 4. The quantitative estimate of drug-likeness (QED) is 0.680. The first-order chi connectivity index (χ1) is 10.9. The van der Waals surface area contributed by atoms with Crippen LogP contribution in [0.3, 0.4) is 0 Å². The molecular formula is C16H16F3NO3. The van der Waals surface area contributed by atoms with Crippen molar-refractivity contribution in [2.24, 2.45) is 5.92 Å². The Morgan fingerprint density at radius 3 is 2.61 bits per heavy atom. The molecule has 2 rings (SSSR count). The topological polar surface area (TPSA) is 55.4 Å². The maximum atomic E-state index is 12.8. The van der Waals surface area contributed by atoms with Crippen molar-refractivity contribution in [2.75, 3.05) is 11.9 Å². The first-order valence-electron chi connectivity index (χ1n) is 7.15. The fourth-order valence-corrected chi connectivity index (χ4v) is 2.29. The van der Waals surface area contributed by atoms with Crippen LogP contribution < -0.4 is 5.32 Å². The summed E-state index contributed by atoms with van der Waals surface area (Å²) in [6.45, 7) is -0.606. The third kappa shape index (κ3) is 4.84.